The largest absolute Gasteiger partial charge is 0.463 e. The summed E-state index contributed by atoms with van der Waals surface area (Å²) in [6, 6.07) is 0. The van der Waals surface area contributed by atoms with E-state index in [9.17, 15) is 14.7 Å². The van der Waals surface area contributed by atoms with Crippen molar-refractivity contribution in [3.63, 3.8) is 0 Å². The van der Waals surface area contributed by atoms with Crippen LogP contribution in [0.3, 0.4) is 0 Å². The summed E-state index contributed by atoms with van der Waals surface area (Å²) in [6.07, 6.45) is 28.8. The molecular formula is C38H74O7. The fourth-order valence-electron chi connectivity index (χ4n) is 5.48. The van der Waals surface area contributed by atoms with Crippen LogP contribution >= 0.6 is 0 Å². The molecule has 0 aromatic heterocycles. The lowest BCUT2D eigenvalue weighted by Gasteiger charge is -2.19. The number of carbonyl (C=O) groups excluding carboxylic acids is 2. The molecule has 0 fully saturated rings. The van der Waals surface area contributed by atoms with Gasteiger partial charge < -0.3 is 24.4 Å². The zero-order valence-corrected chi connectivity index (χ0v) is 29.9. The third-order valence-electron chi connectivity index (χ3n) is 8.49. The maximum Gasteiger partial charge on any atom is 0.305 e. The molecule has 0 saturated heterocycles. The van der Waals surface area contributed by atoms with Crippen molar-refractivity contribution >= 4 is 11.9 Å². The second kappa shape index (κ2) is 34.2. The molecule has 0 aliphatic heterocycles. The first-order chi connectivity index (χ1) is 21.9. The second-order valence-corrected chi connectivity index (χ2v) is 13.6. The first-order valence-electron chi connectivity index (χ1n) is 19.1. The van der Waals surface area contributed by atoms with Crippen LogP contribution in [0.2, 0.25) is 0 Å². The molecule has 0 heterocycles. The van der Waals surface area contributed by atoms with Crippen LogP contribution < -0.4 is 0 Å². The van der Waals surface area contributed by atoms with E-state index in [1.165, 1.54) is 116 Å². The molecule has 0 amide bonds. The molecule has 0 rings (SSSR count). The molecule has 0 aliphatic carbocycles. The van der Waals surface area contributed by atoms with Gasteiger partial charge in [0.1, 0.15) is 25.4 Å². The zero-order valence-electron chi connectivity index (χ0n) is 29.9. The first kappa shape index (κ1) is 43.8. The zero-order chi connectivity index (χ0) is 33.2. The lowest BCUT2D eigenvalue weighted by atomic mass is 10.0. The Morgan fingerprint density at radius 3 is 1.24 bits per heavy atom. The van der Waals surface area contributed by atoms with Gasteiger partial charge in [0.05, 0.1) is 13.2 Å². The van der Waals surface area contributed by atoms with E-state index in [4.69, 9.17) is 19.3 Å². The number of hydrogen-bond acceptors (Lipinski definition) is 7. The van der Waals surface area contributed by atoms with Crippen LogP contribution in [-0.2, 0) is 23.8 Å². The third-order valence-corrected chi connectivity index (χ3v) is 8.49. The van der Waals surface area contributed by atoms with Gasteiger partial charge in [0, 0.05) is 12.8 Å². The number of carbonyl (C=O) groups is 2. The van der Waals surface area contributed by atoms with E-state index in [1.54, 1.807) is 0 Å². The normalized spacial score (nSPS) is 12.8. The molecule has 2 unspecified atom stereocenters. The van der Waals surface area contributed by atoms with E-state index in [-0.39, 0.29) is 31.8 Å². The quantitative estimate of drug-likeness (QED) is 0.0524. The Bertz CT molecular complexity index is 640. The fourth-order valence-corrected chi connectivity index (χ4v) is 5.48. The number of unbranched alkanes of at least 4 members (excludes halogenated alkanes) is 21. The van der Waals surface area contributed by atoms with Crippen LogP contribution in [0.15, 0.2) is 0 Å². The van der Waals surface area contributed by atoms with Crippen LogP contribution in [0.4, 0.5) is 0 Å². The Labute approximate surface area is 277 Å². The highest BCUT2D eigenvalue weighted by Gasteiger charge is 2.17. The molecule has 0 spiro atoms. The predicted molar refractivity (Wildman–Crippen MR) is 185 cm³/mol. The molecule has 7 heteroatoms. The summed E-state index contributed by atoms with van der Waals surface area (Å²) in [6.45, 7) is 6.22. The van der Waals surface area contributed by atoms with Crippen molar-refractivity contribution in [1.82, 2.24) is 0 Å². The van der Waals surface area contributed by atoms with Crippen molar-refractivity contribution in [1.29, 1.82) is 0 Å². The molecule has 268 valence electrons. The van der Waals surface area contributed by atoms with Gasteiger partial charge in [0.2, 0.25) is 0 Å². The van der Waals surface area contributed by atoms with E-state index < -0.39 is 18.8 Å². The van der Waals surface area contributed by atoms with Crippen LogP contribution in [0.25, 0.3) is 0 Å². The Morgan fingerprint density at radius 2 is 0.889 bits per heavy atom. The summed E-state index contributed by atoms with van der Waals surface area (Å²) in [5.41, 5.74) is 0. The predicted octanol–water partition coefficient (Wildman–Crippen LogP) is 9.63. The minimum Gasteiger partial charge on any atom is -0.463 e. The summed E-state index contributed by atoms with van der Waals surface area (Å²) in [7, 11) is 0. The molecule has 7 nitrogen and oxygen atoms in total. The highest BCUT2D eigenvalue weighted by atomic mass is 16.6. The second-order valence-electron chi connectivity index (χ2n) is 13.6. The van der Waals surface area contributed by atoms with E-state index >= 15 is 0 Å². The van der Waals surface area contributed by atoms with Gasteiger partial charge in [0.15, 0.2) is 0 Å². The maximum atomic E-state index is 12.3. The van der Waals surface area contributed by atoms with Crippen molar-refractivity contribution < 1.29 is 34.0 Å². The van der Waals surface area contributed by atoms with Gasteiger partial charge in [0.25, 0.3) is 0 Å². The molecular weight excluding hydrogens is 568 g/mol. The Morgan fingerprint density at radius 1 is 0.533 bits per heavy atom. The van der Waals surface area contributed by atoms with Crippen molar-refractivity contribution in [2.75, 3.05) is 26.4 Å². The standard InChI is InChI=1S/C38H74O7/c1-4-5-6-7-8-9-12-16-19-22-25-28-37(41)44-32-36(43-31-35(40)30-39)33-45-38(42)29-26-23-20-17-14-11-10-13-15-18-21-24-27-34(2)3/h34-36,39-40H,4-33H2,1-3H3. The molecule has 2 atom stereocenters. The summed E-state index contributed by atoms with van der Waals surface area (Å²) >= 11 is 0. The SMILES string of the molecule is CCCCCCCCCCCCCC(=O)OCC(COC(=O)CCCCCCCCCCCCCCC(C)C)OCC(O)CO. The highest BCUT2D eigenvalue weighted by molar-refractivity contribution is 5.69. The maximum absolute atomic E-state index is 12.3. The minimum absolute atomic E-state index is 0.0412. The van der Waals surface area contributed by atoms with Crippen LogP contribution in [-0.4, -0.2) is 60.8 Å². The average molecular weight is 643 g/mol. The Hall–Kier alpha value is -1.18. The van der Waals surface area contributed by atoms with Gasteiger partial charge in [-0.15, -0.1) is 0 Å². The first-order valence-corrected chi connectivity index (χ1v) is 19.1. The van der Waals surface area contributed by atoms with Crippen LogP contribution in [0, 0.1) is 5.92 Å². The van der Waals surface area contributed by atoms with E-state index in [2.05, 4.69) is 20.8 Å². The van der Waals surface area contributed by atoms with Gasteiger partial charge in [-0.25, -0.2) is 0 Å². The summed E-state index contributed by atoms with van der Waals surface area (Å²) in [5.74, 6) is 0.260. The van der Waals surface area contributed by atoms with Gasteiger partial charge in [-0.05, 0) is 18.8 Å². The van der Waals surface area contributed by atoms with Crippen LogP contribution in [0.5, 0.6) is 0 Å². The number of ether oxygens (including phenoxy) is 3. The molecule has 0 saturated carbocycles. The fraction of sp³-hybridized carbons (Fsp3) is 0.947. The van der Waals surface area contributed by atoms with Crippen molar-refractivity contribution in [2.24, 2.45) is 5.92 Å². The summed E-state index contributed by atoms with van der Waals surface area (Å²) < 4.78 is 16.4. The van der Waals surface area contributed by atoms with E-state index in [0.717, 1.165) is 44.4 Å². The van der Waals surface area contributed by atoms with Crippen LogP contribution in [0.1, 0.15) is 188 Å². The Kier molecular flexibility index (Phi) is 33.3. The molecule has 45 heavy (non-hydrogen) atoms. The lowest BCUT2D eigenvalue weighted by Crippen LogP contribution is -2.32. The van der Waals surface area contributed by atoms with E-state index in [1.807, 2.05) is 0 Å². The van der Waals surface area contributed by atoms with E-state index in [0.29, 0.717) is 12.8 Å². The molecule has 0 bridgehead atoms. The monoisotopic (exact) mass is 643 g/mol. The lowest BCUT2D eigenvalue weighted by molar-refractivity contribution is -0.157. The van der Waals surface area contributed by atoms with Crippen molar-refractivity contribution in [3.8, 4) is 0 Å². The molecule has 0 aromatic rings. The highest BCUT2D eigenvalue weighted by Crippen LogP contribution is 2.15. The minimum atomic E-state index is -1.03. The van der Waals surface area contributed by atoms with Gasteiger partial charge in [-0.3, -0.25) is 9.59 Å². The smallest absolute Gasteiger partial charge is 0.305 e. The van der Waals surface area contributed by atoms with Gasteiger partial charge in [-0.1, -0.05) is 162 Å². The third kappa shape index (κ3) is 34.0. The number of aliphatic hydroxyl groups excluding tert-OH is 2. The van der Waals surface area contributed by atoms with Crippen molar-refractivity contribution in [2.45, 2.75) is 200 Å². The Balaban J connectivity index is 3.89. The summed E-state index contributed by atoms with van der Waals surface area (Å²) in [4.78, 5) is 24.5. The molecule has 0 aliphatic rings. The van der Waals surface area contributed by atoms with Crippen molar-refractivity contribution in [3.05, 3.63) is 0 Å². The van der Waals surface area contributed by atoms with Gasteiger partial charge >= 0.3 is 11.9 Å². The molecule has 0 aromatic carbocycles. The molecule has 0 radical (unpaired) electrons. The van der Waals surface area contributed by atoms with Gasteiger partial charge in [-0.2, -0.15) is 0 Å². The molecule has 2 N–H and O–H groups in total. The topological polar surface area (TPSA) is 102 Å². The average Bonchev–Trinajstić information content (AvgIpc) is 3.02. The number of rotatable bonds is 35. The summed E-state index contributed by atoms with van der Waals surface area (Å²) in [5, 5.41) is 18.7. The number of hydrogen-bond donors (Lipinski definition) is 2. The number of aliphatic hydroxyl groups is 2. The number of esters is 2.